The molecule has 0 unspecified atom stereocenters. The van der Waals surface area contributed by atoms with E-state index in [0.717, 1.165) is 17.4 Å². The van der Waals surface area contributed by atoms with Crippen molar-refractivity contribution in [1.29, 1.82) is 0 Å². The molecule has 0 amide bonds. The van der Waals surface area contributed by atoms with Gasteiger partial charge in [0.05, 0.1) is 16.5 Å². The zero-order valence-electron chi connectivity index (χ0n) is 17.5. The van der Waals surface area contributed by atoms with Crippen LogP contribution in [0, 0.1) is 12.8 Å². The van der Waals surface area contributed by atoms with Crippen molar-refractivity contribution in [2.45, 2.75) is 39.0 Å². The molecule has 1 aliphatic carbocycles. The van der Waals surface area contributed by atoms with Crippen LogP contribution in [0.5, 0.6) is 11.5 Å². The predicted octanol–water partition coefficient (Wildman–Crippen LogP) is 5.97. The summed E-state index contributed by atoms with van der Waals surface area (Å²) in [5, 5.41) is 3.71. The summed E-state index contributed by atoms with van der Waals surface area (Å²) >= 11 is 0. The average molecular weight is 384 g/mol. The van der Waals surface area contributed by atoms with Gasteiger partial charge in [-0.25, -0.2) is 0 Å². The molecule has 2 aliphatic rings. The number of benzene rings is 2. The molecule has 4 aromatic rings. The first kappa shape index (κ1) is 17.1. The first-order chi connectivity index (χ1) is 14.1. The lowest BCUT2D eigenvalue weighted by Crippen LogP contribution is -2.32. The van der Waals surface area contributed by atoms with Gasteiger partial charge in [-0.2, -0.15) is 4.57 Å². The predicted molar refractivity (Wildman–Crippen MR) is 118 cm³/mol. The molecule has 0 saturated heterocycles. The fraction of sp³-hybridized carbons (Fsp3) is 0.346. The molecule has 3 nitrogen and oxygen atoms in total. The van der Waals surface area contributed by atoms with E-state index in [-0.39, 0.29) is 0 Å². The van der Waals surface area contributed by atoms with Crippen LogP contribution in [0.15, 0.2) is 42.7 Å². The van der Waals surface area contributed by atoms with Gasteiger partial charge in [-0.3, -0.25) is 0 Å². The molecule has 29 heavy (non-hydrogen) atoms. The quantitative estimate of drug-likeness (QED) is 0.343. The lowest BCUT2D eigenvalue weighted by molar-refractivity contribution is -0.659. The molecular formula is C26H27N2O+. The van der Waals surface area contributed by atoms with Crippen LogP contribution in [0.2, 0.25) is 0 Å². The third-order valence-electron chi connectivity index (χ3n) is 7.04. The Morgan fingerprint density at radius 2 is 1.97 bits per heavy atom. The van der Waals surface area contributed by atoms with Gasteiger partial charge in [0.25, 0.3) is 5.69 Å². The van der Waals surface area contributed by atoms with Gasteiger partial charge in [-0.05, 0) is 48.6 Å². The summed E-state index contributed by atoms with van der Waals surface area (Å²) in [6, 6.07) is 11.4. The van der Waals surface area contributed by atoms with E-state index in [2.05, 4.69) is 72.9 Å². The summed E-state index contributed by atoms with van der Waals surface area (Å²) in [4.78, 5) is 0. The highest BCUT2D eigenvalue weighted by Gasteiger charge is 2.32. The van der Waals surface area contributed by atoms with Crippen molar-refractivity contribution < 1.29 is 9.30 Å². The smallest absolute Gasteiger partial charge is 0.257 e. The summed E-state index contributed by atoms with van der Waals surface area (Å²) in [5.74, 6) is 2.83. The monoisotopic (exact) mass is 383 g/mol. The number of aryl methyl sites for hydroxylation is 3. The molecule has 0 bridgehead atoms. The normalized spacial score (nSPS) is 15.8. The molecule has 146 valence electrons. The van der Waals surface area contributed by atoms with E-state index in [1.165, 1.54) is 76.2 Å². The Kier molecular flexibility index (Phi) is 3.59. The molecule has 1 fully saturated rings. The molecule has 2 aromatic carbocycles. The van der Waals surface area contributed by atoms with Gasteiger partial charge >= 0.3 is 0 Å². The lowest BCUT2D eigenvalue weighted by atomic mass is 9.93. The maximum absolute atomic E-state index is 6.60. The first-order valence-electron chi connectivity index (χ1n) is 10.8. The number of nitrogens with zero attached hydrogens (tertiary/aromatic N) is 2. The van der Waals surface area contributed by atoms with Crippen molar-refractivity contribution in [3.8, 4) is 22.8 Å². The van der Waals surface area contributed by atoms with Crippen molar-refractivity contribution in [1.82, 2.24) is 4.57 Å². The Labute approximate surface area is 171 Å². The molecule has 2 aromatic heterocycles. The van der Waals surface area contributed by atoms with E-state index in [9.17, 15) is 0 Å². The van der Waals surface area contributed by atoms with Gasteiger partial charge in [0, 0.05) is 24.0 Å². The molecule has 6 rings (SSSR count). The highest BCUT2D eigenvalue weighted by Crippen LogP contribution is 2.49. The molecule has 1 aliphatic heterocycles. The van der Waals surface area contributed by atoms with Crippen molar-refractivity contribution in [2.75, 3.05) is 0 Å². The Balaban J connectivity index is 1.60. The van der Waals surface area contributed by atoms with E-state index in [4.69, 9.17) is 4.74 Å². The third kappa shape index (κ3) is 2.46. The third-order valence-corrected chi connectivity index (χ3v) is 7.04. The zero-order valence-corrected chi connectivity index (χ0v) is 17.5. The van der Waals surface area contributed by atoms with Crippen LogP contribution in [-0.4, -0.2) is 4.57 Å². The maximum Gasteiger partial charge on any atom is 0.257 e. The van der Waals surface area contributed by atoms with Crippen LogP contribution in [0.25, 0.3) is 32.9 Å². The minimum Gasteiger partial charge on any atom is -0.447 e. The van der Waals surface area contributed by atoms with Gasteiger partial charge in [0.2, 0.25) is 5.75 Å². The van der Waals surface area contributed by atoms with Gasteiger partial charge in [0.15, 0.2) is 11.9 Å². The fourth-order valence-electron chi connectivity index (χ4n) is 5.58. The maximum atomic E-state index is 6.60. The van der Waals surface area contributed by atoms with Crippen molar-refractivity contribution in [3.63, 3.8) is 0 Å². The van der Waals surface area contributed by atoms with E-state index in [1.54, 1.807) is 0 Å². The topological polar surface area (TPSA) is 18.0 Å². The number of hydrogen-bond donors (Lipinski definition) is 0. The Bertz CT molecular complexity index is 1290. The highest BCUT2D eigenvalue weighted by molar-refractivity contribution is 6.06. The van der Waals surface area contributed by atoms with Crippen LogP contribution in [-0.2, 0) is 20.5 Å². The summed E-state index contributed by atoms with van der Waals surface area (Å²) in [7, 11) is 4.24. The van der Waals surface area contributed by atoms with Crippen LogP contribution in [0.1, 0.15) is 36.8 Å². The summed E-state index contributed by atoms with van der Waals surface area (Å²) < 4.78 is 11.0. The van der Waals surface area contributed by atoms with Gasteiger partial charge in [0.1, 0.15) is 7.05 Å². The highest BCUT2D eigenvalue weighted by atomic mass is 16.5. The van der Waals surface area contributed by atoms with Crippen molar-refractivity contribution in [2.24, 2.45) is 20.0 Å². The van der Waals surface area contributed by atoms with Crippen LogP contribution in [0.3, 0.4) is 0 Å². The second-order valence-corrected chi connectivity index (χ2v) is 9.05. The number of ether oxygens (including phenoxy) is 1. The number of fused-ring (bicyclic) bond motifs is 4. The van der Waals surface area contributed by atoms with Crippen LogP contribution < -0.4 is 9.30 Å². The molecule has 0 spiro atoms. The lowest BCUT2D eigenvalue weighted by Gasteiger charge is -2.19. The van der Waals surface area contributed by atoms with Gasteiger partial charge < -0.3 is 9.30 Å². The number of rotatable bonds is 2. The molecule has 0 radical (unpaired) electrons. The molecule has 3 heteroatoms. The Morgan fingerprint density at radius 1 is 1.14 bits per heavy atom. The summed E-state index contributed by atoms with van der Waals surface area (Å²) in [5.41, 5.74) is 6.47. The van der Waals surface area contributed by atoms with Gasteiger partial charge in [-0.1, -0.05) is 37.8 Å². The molecular weight excluding hydrogens is 356 g/mol. The second kappa shape index (κ2) is 6.09. The first-order valence-corrected chi connectivity index (χ1v) is 10.8. The molecule has 0 atom stereocenters. The van der Waals surface area contributed by atoms with Crippen molar-refractivity contribution >= 4 is 21.7 Å². The van der Waals surface area contributed by atoms with Crippen molar-refractivity contribution in [3.05, 3.63) is 53.9 Å². The molecule has 3 heterocycles. The molecule has 0 N–H and O–H groups in total. The average Bonchev–Trinajstić information content (AvgIpc) is 3.32. The number of pyridine rings is 1. The fourth-order valence-corrected chi connectivity index (χ4v) is 5.58. The standard InChI is InChI=1S/C26H27N2O/c1-16-8-11-21-24-22(15-27(21)2)29-26-20-13-18(12-17-6-4-5-7-17)9-10-19(20)14-28(3)25(26)23(16)24/h8-11,13-15,17H,4-7,12H2,1-3H3/q+1. The number of aromatic nitrogens is 2. The van der Waals surface area contributed by atoms with E-state index in [1.807, 2.05) is 0 Å². The van der Waals surface area contributed by atoms with Crippen LogP contribution in [0.4, 0.5) is 0 Å². The zero-order chi connectivity index (χ0) is 19.7. The molecule has 1 saturated carbocycles. The summed E-state index contributed by atoms with van der Waals surface area (Å²) in [6.45, 7) is 2.21. The minimum atomic E-state index is 0.848. The number of hydrogen-bond acceptors (Lipinski definition) is 1. The largest absolute Gasteiger partial charge is 0.447 e. The Hall–Kier alpha value is -2.81. The summed E-state index contributed by atoms with van der Waals surface area (Å²) in [6.07, 6.45) is 11.1. The van der Waals surface area contributed by atoms with E-state index >= 15 is 0 Å². The Morgan fingerprint density at radius 3 is 2.79 bits per heavy atom. The SMILES string of the molecule is Cc1ccc2c3c(cn2C)Oc2c([n+](C)cc4ccc(CC5CCCC5)cc24)-c13. The van der Waals surface area contributed by atoms with Crippen LogP contribution >= 0.6 is 0 Å². The minimum absolute atomic E-state index is 0.848. The van der Waals surface area contributed by atoms with E-state index < -0.39 is 0 Å². The van der Waals surface area contributed by atoms with E-state index in [0.29, 0.717) is 0 Å². The second-order valence-electron chi connectivity index (χ2n) is 9.05. The van der Waals surface area contributed by atoms with Gasteiger partial charge in [-0.15, -0.1) is 0 Å².